The van der Waals surface area contributed by atoms with Crippen molar-refractivity contribution in [2.45, 2.75) is 24.5 Å². The highest BCUT2D eigenvalue weighted by Crippen LogP contribution is 2.51. The van der Waals surface area contributed by atoms with Gasteiger partial charge >= 0.3 is 0 Å². The van der Waals surface area contributed by atoms with E-state index in [-0.39, 0.29) is 22.4 Å². The maximum absolute atomic E-state index is 11.8. The summed E-state index contributed by atoms with van der Waals surface area (Å²) in [4.78, 5) is 34.2. The van der Waals surface area contributed by atoms with Crippen molar-refractivity contribution in [3.05, 3.63) is 30.1 Å². The Hall–Kier alpha value is -0.850. The van der Waals surface area contributed by atoms with Crippen LogP contribution < -0.4 is 15.2 Å². The summed E-state index contributed by atoms with van der Waals surface area (Å²) < 4.78 is 23.4. The molecule has 1 aromatic rings. The Morgan fingerprint density at radius 1 is 1.44 bits per heavy atom. The van der Waals surface area contributed by atoms with Gasteiger partial charge in [0, 0.05) is 6.07 Å². The van der Waals surface area contributed by atoms with Crippen molar-refractivity contribution in [2.24, 2.45) is 5.73 Å². The van der Waals surface area contributed by atoms with Gasteiger partial charge in [-0.3, -0.25) is 14.2 Å². The molecule has 1 unspecified atom stereocenters. The van der Waals surface area contributed by atoms with E-state index >= 15 is 0 Å². The van der Waals surface area contributed by atoms with Gasteiger partial charge in [0.25, 0.3) is 12.1 Å². The van der Waals surface area contributed by atoms with Gasteiger partial charge in [-0.2, -0.15) is 4.57 Å². The summed E-state index contributed by atoms with van der Waals surface area (Å²) in [5.41, 5.74) is 5.37. The van der Waals surface area contributed by atoms with Crippen molar-refractivity contribution in [3.63, 3.8) is 0 Å². The molecule has 10 nitrogen and oxygen atoms in total. The van der Waals surface area contributed by atoms with Crippen molar-refractivity contribution < 1.29 is 43.1 Å². The van der Waals surface area contributed by atoms with Crippen molar-refractivity contribution in [2.75, 3.05) is 17.7 Å². The molecule has 0 aromatic carbocycles. The number of ether oxygens (including phenoxy) is 1. The quantitative estimate of drug-likeness (QED) is 0.223. The topological polar surface area (TPSA) is 163 Å². The molecular formula is C14H18BrN2O8PS. The van der Waals surface area contributed by atoms with Crippen LogP contribution >= 0.6 is 34.1 Å². The number of aromatic nitrogens is 1. The first-order valence-corrected chi connectivity index (χ1v) is 11.9. The molecule has 1 fully saturated rings. The number of hydrogen-bond donors (Lipinski definition) is 3. The van der Waals surface area contributed by atoms with Crippen molar-refractivity contribution in [1.82, 2.24) is 0 Å². The summed E-state index contributed by atoms with van der Waals surface area (Å²) in [6, 6.07) is 2.98. The molecule has 5 atom stereocenters. The first-order valence-electron chi connectivity index (χ1n) is 7.64. The maximum Gasteiger partial charge on any atom is 0.292 e. The average Bonchev–Trinajstić information content (AvgIpc) is 2.93. The van der Waals surface area contributed by atoms with Crippen LogP contribution in [0.5, 0.6) is 0 Å². The zero-order valence-electron chi connectivity index (χ0n) is 13.8. The Balaban J connectivity index is 2.00. The van der Waals surface area contributed by atoms with Crippen LogP contribution in [0.4, 0.5) is 0 Å². The Kier molecular flexibility index (Phi) is 7.95. The number of amides is 1. The van der Waals surface area contributed by atoms with Crippen LogP contribution in [0, 0.1) is 0 Å². The van der Waals surface area contributed by atoms with Crippen molar-refractivity contribution in [1.29, 1.82) is 0 Å². The van der Waals surface area contributed by atoms with Crippen LogP contribution in [0.25, 0.3) is 0 Å². The largest absolute Gasteiger partial charge is 0.770 e. The molecule has 1 aromatic heterocycles. The summed E-state index contributed by atoms with van der Waals surface area (Å²) in [6.07, 6.45) is -2.18. The van der Waals surface area contributed by atoms with Crippen LogP contribution in [-0.2, 0) is 18.6 Å². The minimum Gasteiger partial charge on any atom is -0.770 e. The van der Waals surface area contributed by atoms with Crippen LogP contribution in [0.3, 0.4) is 0 Å². The molecule has 2 rings (SSSR count). The van der Waals surface area contributed by atoms with Crippen LogP contribution in [-0.4, -0.2) is 57.9 Å². The molecule has 1 saturated heterocycles. The summed E-state index contributed by atoms with van der Waals surface area (Å²) in [6.45, 7) is -4.93. The Morgan fingerprint density at radius 3 is 2.78 bits per heavy atom. The second-order valence-electron chi connectivity index (χ2n) is 5.64. The smallest absolute Gasteiger partial charge is 0.292 e. The molecule has 13 heteroatoms. The standard InChI is InChI=1S/C14H18BrN2O8PS/c15-4-9(18)7-27-26(22,23)24-6-10-11(19)12(20)14(25-10)17-3-1-2-8(5-17)13(16)21/h1-3,5,10-12,14,19-20H,4,6-7H2,(H2-,16,21,22,23)/t10-,11-,12-,14-/m1/s1. The summed E-state index contributed by atoms with van der Waals surface area (Å²) in [7, 11) is 0. The average molecular weight is 485 g/mol. The lowest BCUT2D eigenvalue weighted by Crippen LogP contribution is -2.46. The van der Waals surface area contributed by atoms with Crippen molar-refractivity contribution in [3.8, 4) is 0 Å². The highest BCUT2D eigenvalue weighted by Gasteiger charge is 2.48. The summed E-state index contributed by atoms with van der Waals surface area (Å²) in [5.74, 6) is -1.28. The Labute approximate surface area is 167 Å². The number of carbonyl (C=O) groups is 2. The van der Waals surface area contributed by atoms with E-state index in [4.69, 9.17) is 15.0 Å². The second-order valence-corrected chi connectivity index (χ2v) is 10.0. The van der Waals surface area contributed by atoms with Crippen LogP contribution in [0.15, 0.2) is 24.5 Å². The Morgan fingerprint density at radius 2 is 2.15 bits per heavy atom. The highest BCUT2D eigenvalue weighted by molar-refractivity contribution is 9.09. The van der Waals surface area contributed by atoms with Gasteiger partial charge in [0.2, 0.25) is 0 Å². The number of pyridine rings is 1. The number of nitrogens with zero attached hydrogens (tertiary/aromatic N) is 1. The van der Waals surface area contributed by atoms with E-state index in [1.165, 1.54) is 29.1 Å². The molecule has 1 amide bonds. The maximum atomic E-state index is 11.8. The number of alkyl halides is 1. The number of rotatable bonds is 9. The first kappa shape index (κ1) is 22.4. The molecule has 0 saturated carbocycles. The SMILES string of the molecule is NC(=O)c1ccc[n+]([C@@H]2O[C@H](COP(=O)([O-])SCC(=O)CBr)[C@@H](O)[C@H]2O)c1. The molecular weight excluding hydrogens is 467 g/mol. The van der Waals surface area contributed by atoms with Gasteiger partial charge in [-0.15, -0.1) is 0 Å². The third kappa shape index (κ3) is 6.06. The molecule has 2 heterocycles. The Bertz CT molecular complexity index is 754. The number of Topliss-reactive ketones (excluding diaryl/α,β-unsaturated/α-hetero) is 1. The molecule has 27 heavy (non-hydrogen) atoms. The van der Waals surface area contributed by atoms with Gasteiger partial charge in [-0.25, -0.2) is 0 Å². The van der Waals surface area contributed by atoms with Crippen LogP contribution in [0.2, 0.25) is 0 Å². The van der Waals surface area contributed by atoms with Gasteiger partial charge in [-0.05, 0) is 6.07 Å². The molecule has 0 aliphatic carbocycles. The molecule has 1 aliphatic rings. The predicted octanol–water partition coefficient (Wildman–Crippen LogP) is -1.13. The fourth-order valence-electron chi connectivity index (χ4n) is 2.30. The third-order valence-electron chi connectivity index (χ3n) is 3.67. The number of carbonyl (C=O) groups excluding carboxylic acids is 2. The monoisotopic (exact) mass is 484 g/mol. The van der Waals surface area contributed by atoms with Gasteiger partial charge in [0.15, 0.2) is 31.1 Å². The number of nitrogens with two attached hydrogens (primary N) is 1. The molecule has 150 valence electrons. The second kappa shape index (κ2) is 9.57. The fourth-order valence-corrected chi connectivity index (χ4v) is 4.88. The summed E-state index contributed by atoms with van der Waals surface area (Å²) >= 11 is 3.27. The first-order chi connectivity index (χ1) is 12.6. The van der Waals surface area contributed by atoms with E-state index < -0.39 is 43.9 Å². The number of halogens is 1. The van der Waals surface area contributed by atoms with E-state index in [0.717, 1.165) is 0 Å². The number of aliphatic hydroxyl groups is 2. The van der Waals surface area contributed by atoms with Crippen LogP contribution in [0.1, 0.15) is 16.6 Å². The van der Waals surface area contributed by atoms with E-state index in [2.05, 4.69) is 15.9 Å². The minimum absolute atomic E-state index is 0.0277. The van der Waals surface area contributed by atoms with E-state index in [1.54, 1.807) is 0 Å². The van der Waals surface area contributed by atoms with Crippen molar-refractivity contribution >= 4 is 45.8 Å². The molecule has 1 aliphatic heterocycles. The van der Waals surface area contributed by atoms with E-state index in [0.29, 0.717) is 11.4 Å². The lowest BCUT2D eigenvalue weighted by Gasteiger charge is -2.24. The fraction of sp³-hybridized carbons (Fsp3) is 0.500. The number of ketones is 1. The minimum atomic E-state index is -4.39. The number of aliphatic hydroxyl groups excluding tert-OH is 2. The van der Waals surface area contributed by atoms with Gasteiger partial charge in [-0.1, -0.05) is 27.3 Å². The van der Waals surface area contributed by atoms with E-state index in [1.807, 2.05) is 0 Å². The third-order valence-corrected chi connectivity index (χ3v) is 7.18. The molecule has 4 N–H and O–H groups in total. The van der Waals surface area contributed by atoms with Gasteiger partial charge in [0.1, 0.15) is 17.8 Å². The molecule has 0 bridgehead atoms. The molecule has 0 spiro atoms. The van der Waals surface area contributed by atoms with Gasteiger partial charge < -0.3 is 30.1 Å². The zero-order chi connectivity index (χ0) is 20.2. The predicted molar refractivity (Wildman–Crippen MR) is 95.9 cm³/mol. The lowest BCUT2D eigenvalue weighted by atomic mass is 10.1. The van der Waals surface area contributed by atoms with Gasteiger partial charge in [0.05, 0.1) is 17.7 Å². The normalized spacial score (nSPS) is 27.3. The lowest BCUT2D eigenvalue weighted by molar-refractivity contribution is -0.765. The van der Waals surface area contributed by atoms with E-state index in [9.17, 15) is 29.3 Å². The molecule has 0 radical (unpaired) electrons. The number of primary amides is 1. The highest BCUT2D eigenvalue weighted by atomic mass is 79.9. The zero-order valence-corrected chi connectivity index (χ0v) is 17.1. The number of hydrogen-bond acceptors (Lipinski definition) is 9. The summed E-state index contributed by atoms with van der Waals surface area (Å²) in [5, 5.41) is 20.3.